The number of aryl methyl sites for hydroxylation is 1. The molecule has 1 aromatic rings. The third-order valence-electron chi connectivity index (χ3n) is 1.92. The predicted molar refractivity (Wildman–Crippen MR) is 57.1 cm³/mol. The zero-order valence-corrected chi connectivity index (χ0v) is 8.97. The molecule has 0 aromatic carbocycles. The molecule has 1 rings (SSSR count). The zero-order valence-electron chi connectivity index (χ0n) is 8.97. The monoisotopic (exact) mass is 226 g/mol. The van der Waals surface area contributed by atoms with Gasteiger partial charge in [0.25, 0.3) is 0 Å². The van der Waals surface area contributed by atoms with Crippen LogP contribution in [0.1, 0.15) is 23.8 Å². The van der Waals surface area contributed by atoms with Crippen LogP contribution in [-0.4, -0.2) is 28.2 Å². The van der Waals surface area contributed by atoms with E-state index in [4.69, 9.17) is 10.8 Å². The molecule has 1 heterocycles. The fourth-order valence-electron chi connectivity index (χ4n) is 1.33. The number of ether oxygens (including phenoxy) is 1. The Morgan fingerprint density at radius 1 is 1.56 bits per heavy atom. The first-order valence-corrected chi connectivity index (χ1v) is 4.89. The second-order valence-corrected chi connectivity index (χ2v) is 3.32. The van der Waals surface area contributed by atoms with Gasteiger partial charge < -0.3 is 20.1 Å². The van der Waals surface area contributed by atoms with E-state index < -0.39 is 18.5 Å². The van der Waals surface area contributed by atoms with Gasteiger partial charge in [0.2, 0.25) is 0 Å². The summed E-state index contributed by atoms with van der Waals surface area (Å²) in [6.45, 7) is 1.95. The van der Waals surface area contributed by atoms with E-state index in [1.54, 1.807) is 10.8 Å². The van der Waals surface area contributed by atoms with Crippen LogP contribution in [0, 0.1) is 0 Å². The summed E-state index contributed by atoms with van der Waals surface area (Å²) in [6.07, 6.45) is 2.47. The maximum Gasteiger partial charge on any atom is 0.355 e. The molecule has 6 heteroatoms. The van der Waals surface area contributed by atoms with Crippen LogP contribution in [0.3, 0.4) is 0 Å². The van der Waals surface area contributed by atoms with Gasteiger partial charge in [-0.05, 0) is 12.5 Å². The molecule has 0 spiro atoms. The van der Waals surface area contributed by atoms with Crippen molar-refractivity contribution in [2.45, 2.75) is 19.9 Å². The molecule has 0 fully saturated rings. The summed E-state index contributed by atoms with van der Waals surface area (Å²) in [4.78, 5) is 21.7. The minimum atomic E-state index is -1.19. The largest absolute Gasteiger partial charge is 0.479 e. The van der Waals surface area contributed by atoms with Gasteiger partial charge >= 0.3 is 11.9 Å². The molecule has 0 amide bonds. The quantitative estimate of drug-likeness (QED) is 0.721. The average molecular weight is 226 g/mol. The molecule has 3 N–H and O–H groups in total. The Bertz CT molecular complexity index is 398. The van der Waals surface area contributed by atoms with Crippen LogP contribution >= 0.6 is 0 Å². The summed E-state index contributed by atoms with van der Waals surface area (Å²) in [5, 5.41) is 8.38. The molecular weight excluding hydrogens is 212 g/mol. The van der Waals surface area contributed by atoms with E-state index in [0.717, 1.165) is 6.42 Å². The van der Waals surface area contributed by atoms with Gasteiger partial charge in [-0.15, -0.1) is 0 Å². The van der Waals surface area contributed by atoms with Gasteiger partial charge in [0.1, 0.15) is 5.69 Å². The van der Waals surface area contributed by atoms with E-state index in [0.29, 0.717) is 12.2 Å². The van der Waals surface area contributed by atoms with E-state index in [-0.39, 0.29) is 5.69 Å². The molecule has 0 aliphatic carbocycles. The smallest absolute Gasteiger partial charge is 0.355 e. The second-order valence-electron chi connectivity index (χ2n) is 3.32. The van der Waals surface area contributed by atoms with E-state index >= 15 is 0 Å². The molecule has 88 valence electrons. The minimum absolute atomic E-state index is 0.278. The number of rotatable bonds is 5. The second kappa shape index (κ2) is 5.20. The maximum absolute atomic E-state index is 11.5. The maximum atomic E-state index is 11.5. The Balaban J connectivity index is 2.77. The summed E-state index contributed by atoms with van der Waals surface area (Å²) in [6, 6.07) is 1.47. The summed E-state index contributed by atoms with van der Waals surface area (Å²) in [5.41, 5.74) is 6.29. The number of carbonyl (C=O) groups is 2. The third-order valence-corrected chi connectivity index (χ3v) is 1.92. The number of anilines is 1. The summed E-state index contributed by atoms with van der Waals surface area (Å²) < 4.78 is 6.23. The van der Waals surface area contributed by atoms with Crippen molar-refractivity contribution in [1.29, 1.82) is 0 Å². The number of hydrogen-bond acceptors (Lipinski definition) is 4. The summed E-state index contributed by atoms with van der Waals surface area (Å²) >= 11 is 0. The number of hydrogen-bond donors (Lipinski definition) is 2. The number of carbonyl (C=O) groups excluding carboxylic acids is 1. The average Bonchev–Trinajstić information content (AvgIpc) is 2.56. The Morgan fingerprint density at radius 3 is 2.81 bits per heavy atom. The molecule has 0 saturated heterocycles. The van der Waals surface area contributed by atoms with Crippen LogP contribution in [0.2, 0.25) is 0 Å². The SMILES string of the molecule is CCCn1cc(N)cc1C(=O)OCC(=O)O. The molecule has 0 bridgehead atoms. The minimum Gasteiger partial charge on any atom is -0.479 e. The number of nitrogens with zero attached hydrogens (tertiary/aromatic N) is 1. The first-order chi connectivity index (χ1) is 7.54. The van der Waals surface area contributed by atoms with Gasteiger partial charge in [-0.2, -0.15) is 0 Å². The van der Waals surface area contributed by atoms with Gasteiger partial charge in [-0.25, -0.2) is 9.59 Å². The number of nitrogen functional groups attached to an aromatic ring is 1. The van der Waals surface area contributed by atoms with Crippen molar-refractivity contribution in [3.63, 3.8) is 0 Å². The lowest BCUT2D eigenvalue weighted by Crippen LogP contribution is -2.16. The van der Waals surface area contributed by atoms with E-state index in [1.165, 1.54) is 6.07 Å². The van der Waals surface area contributed by atoms with Gasteiger partial charge in [0.15, 0.2) is 6.61 Å². The van der Waals surface area contributed by atoms with Crippen LogP contribution in [0.25, 0.3) is 0 Å². The normalized spacial score (nSPS) is 10.1. The molecular formula is C10H14N2O4. The highest BCUT2D eigenvalue weighted by Gasteiger charge is 2.15. The van der Waals surface area contributed by atoms with Gasteiger partial charge in [0.05, 0.1) is 5.69 Å². The van der Waals surface area contributed by atoms with Crippen molar-refractivity contribution in [3.8, 4) is 0 Å². The standard InChI is InChI=1S/C10H14N2O4/c1-2-3-12-5-7(11)4-8(12)10(15)16-6-9(13)14/h4-5H,2-3,6,11H2,1H3,(H,13,14). The molecule has 1 aromatic heterocycles. The number of esters is 1. The molecule has 0 aliphatic heterocycles. The Morgan fingerprint density at radius 2 is 2.25 bits per heavy atom. The number of aliphatic carboxylic acids is 1. The highest BCUT2D eigenvalue weighted by atomic mass is 16.5. The van der Waals surface area contributed by atoms with E-state index in [1.807, 2.05) is 6.92 Å². The van der Waals surface area contributed by atoms with Crippen molar-refractivity contribution in [2.75, 3.05) is 12.3 Å². The first-order valence-electron chi connectivity index (χ1n) is 4.89. The van der Waals surface area contributed by atoms with Gasteiger partial charge in [0, 0.05) is 12.7 Å². The van der Waals surface area contributed by atoms with Crippen LogP contribution in [0.5, 0.6) is 0 Å². The zero-order chi connectivity index (χ0) is 12.1. The van der Waals surface area contributed by atoms with E-state index in [2.05, 4.69) is 4.74 Å². The predicted octanol–water partition coefficient (Wildman–Crippen LogP) is 0.722. The van der Waals surface area contributed by atoms with Crippen molar-refractivity contribution >= 4 is 17.6 Å². The fraction of sp³-hybridized carbons (Fsp3) is 0.400. The van der Waals surface area contributed by atoms with E-state index in [9.17, 15) is 9.59 Å². The Hall–Kier alpha value is -1.98. The van der Waals surface area contributed by atoms with Crippen LogP contribution in [0.4, 0.5) is 5.69 Å². The lowest BCUT2D eigenvalue weighted by atomic mass is 10.4. The van der Waals surface area contributed by atoms with Crippen LogP contribution in [0.15, 0.2) is 12.3 Å². The molecule has 0 atom stereocenters. The molecule has 0 aliphatic rings. The lowest BCUT2D eigenvalue weighted by Gasteiger charge is -2.06. The van der Waals surface area contributed by atoms with Gasteiger partial charge in [-0.1, -0.05) is 6.92 Å². The summed E-state index contributed by atoms with van der Waals surface area (Å²) in [5.74, 6) is -1.86. The summed E-state index contributed by atoms with van der Waals surface area (Å²) in [7, 11) is 0. The molecule has 0 radical (unpaired) electrons. The number of carboxylic acids is 1. The first kappa shape index (κ1) is 12.1. The van der Waals surface area contributed by atoms with Gasteiger partial charge in [-0.3, -0.25) is 0 Å². The van der Waals surface area contributed by atoms with Crippen molar-refractivity contribution < 1.29 is 19.4 Å². The van der Waals surface area contributed by atoms with Crippen molar-refractivity contribution in [1.82, 2.24) is 4.57 Å². The number of aromatic nitrogens is 1. The molecule has 0 saturated carbocycles. The molecule has 0 unspecified atom stereocenters. The Labute approximate surface area is 92.6 Å². The molecule has 6 nitrogen and oxygen atoms in total. The lowest BCUT2D eigenvalue weighted by molar-refractivity contribution is -0.140. The fourth-order valence-corrected chi connectivity index (χ4v) is 1.33. The van der Waals surface area contributed by atoms with Crippen molar-refractivity contribution in [3.05, 3.63) is 18.0 Å². The van der Waals surface area contributed by atoms with Crippen molar-refractivity contribution in [2.24, 2.45) is 0 Å². The van der Waals surface area contributed by atoms with Crippen LogP contribution in [-0.2, 0) is 16.1 Å². The number of carboxylic acid groups (broad SMARTS) is 1. The third kappa shape index (κ3) is 3.01. The highest BCUT2D eigenvalue weighted by molar-refractivity contribution is 5.90. The Kier molecular flexibility index (Phi) is 3.93. The molecule has 16 heavy (non-hydrogen) atoms. The highest BCUT2D eigenvalue weighted by Crippen LogP contribution is 2.12. The number of nitrogens with two attached hydrogens (primary N) is 1. The topological polar surface area (TPSA) is 94.5 Å². The van der Waals surface area contributed by atoms with Crippen LogP contribution < -0.4 is 5.73 Å².